The quantitative estimate of drug-likeness (QED) is 0.806. The average molecular weight is 301 g/mol. The zero-order chi connectivity index (χ0) is 14.1. The molecule has 1 amide bonds. The summed E-state index contributed by atoms with van der Waals surface area (Å²) in [4.78, 5) is 25.5. The van der Waals surface area contributed by atoms with Gasteiger partial charge < -0.3 is 5.73 Å². The minimum Gasteiger partial charge on any atom is -0.365 e. The van der Waals surface area contributed by atoms with Gasteiger partial charge in [-0.1, -0.05) is 0 Å². The molecule has 0 aliphatic heterocycles. The van der Waals surface area contributed by atoms with Crippen LogP contribution in [0, 0.1) is 12.4 Å². The van der Waals surface area contributed by atoms with Crippen molar-refractivity contribution in [2.45, 2.75) is 6.92 Å². The molecule has 7 heteroatoms. The maximum Gasteiger partial charge on any atom is 0.261 e. The van der Waals surface area contributed by atoms with Crippen LogP contribution in [0.2, 0.25) is 0 Å². The smallest absolute Gasteiger partial charge is 0.261 e. The summed E-state index contributed by atoms with van der Waals surface area (Å²) < 4.78 is 0. The van der Waals surface area contributed by atoms with Crippen molar-refractivity contribution < 1.29 is 4.79 Å². The van der Waals surface area contributed by atoms with Crippen molar-refractivity contribution in [2.24, 2.45) is 5.73 Å². The van der Waals surface area contributed by atoms with Crippen molar-refractivity contribution in [1.82, 2.24) is 15.0 Å². The van der Waals surface area contributed by atoms with Crippen molar-refractivity contribution >= 4 is 28.6 Å². The molecule has 3 aromatic rings. The third-order valence-electron chi connectivity index (χ3n) is 2.66. The largest absolute Gasteiger partial charge is 0.365 e. The Morgan fingerprint density at radius 3 is 2.90 bits per heavy atom. The Labute approximate surface area is 123 Å². The fourth-order valence-corrected chi connectivity index (χ4v) is 3.43. The van der Waals surface area contributed by atoms with Crippen LogP contribution in [0.25, 0.3) is 21.1 Å². The SMILES string of the molecule is Cc1n[c]sc1-c1nc(-c2cccnc2)sc1C(N)=O. The minimum atomic E-state index is -0.486. The van der Waals surface area contributed by atoms with Crippen LogP contribution >= 0.6 is 22.7 Å². The topological polar surface area (TPSA) is 81.8 Å². The number of rotatable bonds is 3. The number of thiazole rings is 2. The maximum atomic E-state index is 11.6. The number of primary amides is 1. The van der Waals surface area contributed by atoms with E-state index in [4.69, 9.17) is 5.73 Å². The van der Waals surface area contributed by atoms with Crippen molar-refractivity contribution in [3.05, 3.63) is 40.6 Å². The molecule has 0 bridgehead atoms. The Kier molecular flexibility index (Phi) is 3.29. The number of hydrogen-bond donors (Lipinski definition) is 1. The van der Waals surface area contributed by atoms with Crippen LogP contribution in [0.15, 0.2) is 24.5 Å². The van der Waals surface area contributed by atoms with Gasteiger partial charge in [-0.2, -0.15) is 0 Å². The van der Waals surface area contributed by atoms with Crippen molar-refractivity contribution in [1.29, 1.82) is 0 Å². The lowest BCUT2D eigenvalue weighted by atomic mass is 10.2. The minimum absolute atomic E-state index is 0.435. The van der Waals surface area contributed by atoms with Gasteiger partial charge in [0.15, 0.2) is 5.51 Å². The lowest BCUT2D eigenvalue weighted by molar-refractivity contribution is 0.100. The number of carbonyl (C=O) groups excluding carboxylic acids is 1. The number of aromatic nitrogens is 3. The lowest BCUT2D eigenvalue weighted by Crippen LogP contribution is -2.10. The van der Waals surface area contributed by atoms with Gasteiger partial charge in [0.1, 0.15) is 15.6 Å². The molecular weight excluding hydrogens is 292 g/mol. The highest BCUT2D eigenvalue weighted by Gasteiger charge is 2.21. The molecule has 0 saturated heterocycles. The molecule has 1 radical (unpaired) electrons. The Hall–Kier alpha value is -2.12. The fraction of sp³-hybridized carbons (Fsp3) is 0.0769. The third-order valence-corrected chi connectivity index (χ3v) is 4.66. The van der Waals surface area contributed by atoms with E-state index in [1.54, 1.807) is 12.4 Å². The lowest BCUT2D eigenvalue weighted by Gasteiger charge is -1.95. The van der Waals surface area contributed by atoms with E-state index in [0.717, 1.165) is 21.1 Å². The Morgan fingerprint density at radius 2 is 2.30 bits per heavy atom. The summed E-state index contributed by atoms with van der Waals surface area (Å²) >= 11 is 2.59. The van der Waals surface area contributed by atoms with Crippen LogP contribution in [-0.2, 0) is 0 Å². The second kappa shape index (κ2) is 5.10. The molecule has 0 unspecified atom stereocenters. The van der Waals surface area contributed by atoms with Gasteiger partial charge in [0.2, 0.25) is 0 Å². The van der Waals surface area contributed by atoms with E-state index < -0.39 is 5.91 Å². The van der Waals surface area contributed by atoms with Gasteiger partial charge in [0.05, 0.1) is 10.6 Å². The van der Waals surface area contributed by atoms with Gasteiger partial charge in [0, 0.05) is 18.0 Å². The van der Waals surface area contributed by atoms with Crippen molar-refractivity contribution in [3.8, 4) is 21.1 Å². The van der Waals surface area contributed by atoms with E-state index >= 15 is 0 Å². The second-order valence-electron chi connectivity index (χ2n) is 4.02. The molecule has 0 aliphatic carbocycles. The number of pyridine rings is 1. The summed E-state index contributed by atoms with van der Waals surface area (Å²) in [5.74, 6) is -0.486. The molecule has 3 aromatic heterocycles. The molecular formula is C13H9N4OS2. The standard InChI is InChI=1S/C13H9N4OS2/c1-7-10(19-6-16-7)9-11(12(14)18)20-13(17-9)8-3-2-4-15-5-8/h2-5H,1H3,(H2,14,18). The summed E-state index contributed by atoms with van der Waals surface area (Å²) in [5, 5.41) is 0.717. The highest BCUT2D eigenvalue weighted by Crippen LogP contribution is 2.36. The first-order valence-corrected chi connectivity index (χ1v) is 7.35. The van der Waals surface area contributed by atoms with Crippen LogP contribution in [0.4, 0.5) is 0 Å². The molecule has 3 rings (SSSR count). The first-order chi connectivity index (χ1) is 9.66. The summed E-state index contributed by atoms with van der Waals surface area (Å²) in [6.07, 6.45) is 3.40. The van der Waals surface area contributed by atoms with Gasteiger partial charge in [-0.25, -0.2) is 9.97 Å². The van der Waals surface area contributed by atoms with Crippen LogP contribution in [0.3, 0.4) is 0 Å². The van der Waals surface area contributed by atoms with E-state index in [1.165, 1.54) is 22.7 Å². The zero-order valence-electron chi connectivity index (χ0n) is 10.5. The van der Waals surface area contributed by atoms with Crippen LogP contribution in [-0.4, -0.2) is 20.9 Å². The van der Waals surface area contributed by atoms with Gasteiger partial charge in [-0.15, -0.1) is 22.7 Å². The average Bonchev–Trinajstić information content (AvgIpc) is 3.05. The molecule has 2 N–H and O–H groups in total. The monoisotopic (exact) mass is 301 g/mol. The predicted molar refractivity (Wildman–Crippen MR) is 78.5 cm³/mol. The Morgan fingerprint density at radius 1 is 1.45 bits per heavy atom. The summed E-state index contributed by atoms with van der Waals surface area (Å²) in [7, 11) is 0. The molecule has 0 spiro atoms. The zero-order valence-corrected chi connectivity index (χ0v) is 12.1. The predicted octanol–water partition coefficient (Wildman–Crippen LogP) is 2.54. The summed E-state index contributed by atoms with van der Waals surface area (Å²) in [6, 6.07) is 3.72. The molecule has 0 aliphatic rings. The van der Waals surface area contributed by atoms with E-state index in [1.807, 2.05) is 19.1 Å². The van der Waals surface area contributed by atoms with Crippen LogP contribution in [0.5, 0.6) is 0 Å². The third kappa shape index (κ3) is 2.21. The van der Waals surface area contributed by atoms with Gasteiger partial charge in [-0.3, -0.25) is 9.78 Å². The summed E-state index contributed by atoms with van der Waals surface area (Å²) in [6.45, 7) is 1.86. The molecule has 5 nitrogen and oxygen atoms in total. The van der Waals surface area contributed by atoms with Gasteiger partial charge in [0.25, 0.3) is 5.91 Å². The van der Waals surface area contributed by atoms with Gasteiger partial charge in [-0.05, 0) is 19.1 Å². The second-order valence-corrected chi connectivity index (χ2v) is 5.82. The normalized spacial score (nSPS) is 10.7. The molecule has 20 heavy (non-hydrogen) atoms. The molecule has 0 saturated carbocycles. The van der Waals surface area contributed by atoms with Crippen LogP contribution < -0.4 is 5.73 Å². The number of aryl methyl sites for hydroxylation is 1. The Bertz CT molecular complexity index is 764. The van der Waals surface area contributed by atoms with E-state index in [9.17, 15) is 4.79 Å². The van der Waals surface area contributed by atoms with E-state index in [0.29, 0.717) is 10.6 Å². The number of nitrogens with zero attached hydrogens (tertiary/aromatic N) is 3. The summed E-state index contributed by atoms with van der Waals surface area (Å²) in [5.41, 5.74) is 10.5. The molecule has 0 atom stereocenters. The molecule has 0 fully saturated rings. The molecule has 3 heterocycles. The fourth-order valence-electron chi connectivity index (χ4n) is 1.74. The number of hydrogen-bond acceptors (Lipinski definition) is 6. The number of carbonyl (C=O) groups is 1. The highest BCUT2D eigenvalue weighted by atomic mass is 32.1. The van der Waals surface area contributed by atoms with Crippen molar-refractivity contribution in [3.63, 3.8) is 0 Å². The maximum absolute atomic E-state index is 11.6. The first kappa shape index (κ1) is 12.9. The van der Waals surface area contributed by atoms with Crippen LogP contribution in [0.1, 0.15) is 15.4 Å². The number of amides is 1. The van der Waals surface area contributed by atoms with Gasteiger partial charge >= 0.3 is 0 Å². The van der Waals surface area contributed by atoms with E-state index in [2.05, 4.69) is 20.5 Å². The Balaban J connectivity index is 2.18. The molecule has 99 valence electrons. The van der Waals surface area contributed by atoms with E-state index in [-0.39, 0.29) is 0 Å². The van der Waals surface area contributed by atoms with Crippen molar-refractivity contribution in [2.75, 3.05) is 0 Å². The highest BCUT2D eigenvalue weighted by molar-refractivity contribution is 7.18. The first-order valence-electron chi connectivity index (χ1n) is 5.71. The molecule has 0 aromatic carbocycles. The number of nitrogens with two attached hydrogens (primary N) is 1.